The van der Waals surface area contributed by atoms with Gasteiger partial charge in [0.25, 0.3) is 0 Å². The third-order valence-electron chi connectivity index (χ3n) is 3.15. The molecule has 0 saturated carbocycles. The molecule has 0 aliphatic rings. The topological polar surface area (TPSA) is 99.8 Å². The SMILES string of the molecule is Cc1cc2nn(-c3ccc(C(N)=O)cc3)nc2cc1N. The lowest BCUT2D eigenvalue weighted by atomic mass is 10.2. The lowest BCUT2D eigenvalue weighted by Gasteiger charge is -1.99. The number of nitrogen functional groups attached to an aromatic ring is 1. The second-order valence-corrected chi connectivity index (χ2v) is 4.60. The molecule has 0 fully saturated rings. The third-order valence-corrected chi connectivity index (χ3v) is 3.15. The maximum absolute atomic E-state index is 11.0. The van der Waals surface area contributed by atoms with Crippen molar-refractivity contribution in [3.05, 3.63) is 47.5 Å². The van der Waals surface area contributed by atoms with Crippen LogP contribution in [-0.2, 0) is 0 Å². The van der Waals surface area contributed by atoms with Crippen LogP contribution < -0.4 is 11.5 Å². The number of nitrogens with zero attached hydrogens (tertiary/aromatic N) is 3. The fourth-order valence-electron chi connectivity index (χ4n) is 1.96. The van der Waals surface area contributed by atoms with Crippen molar-refractivity contribution in [2.24, 2.45) is 5.73 Å². The van der Waals surface area contributed by atoms with Gasteiger partial charge in [0.1, 0.15) is 11.0 Å². The molecule has 4 N–H and O–H groups in total. The minimum Gasteiger partial charge on any atom is -0.398 e. The molecule has 0 aliphatic carbocycles. The van der Waals surface area contributed by atoms with Gasteiger partial charge in [0.15, 0.2) is 0 Å². The van der Waals surface area contributed by atoms with Gasteiger partial charge in [0.05, 0.1) is 5.69 Å². The lowest BCUT2D eigenvalue weighted by molar-refractivity contribution is 0.100. The molecular weight excluding hydrogens is 254 g/mol. The first-order valence-corrected chi connectivity index (χ1v) is 6.08. The van der Waals surface area contributed by atoms with Gasteiger partial charge in [0.2, 0.25) is 5.91 Å². The average Bonchev–Trinajstić information content (AvgIpc) is 2.82. The summed E-state index contributed by atoms with van der Waals surface area (Å²) in [6.07, 6.45) is 0. The smallest absolute Gasteiger partial charge is 0.248 e. The van der Waals surface area contributed by atoms with Gasteiger partial charge in [0, 0.05) is 11.3 Å². The number of benzene rings is 2. The summed E-state index contributed by atoms with van der Waals surface area (Å²) in [4.78, 5) is 12.5. The molecule has 2 aromatic carbocycles. The zero-order valence-corrected chi connectivity index (χ0v) is 10.9. The predicted molar refractivity (Wildman–Crippen MR) is 76.5 cm³/mol. The van der Waals surface area contributed by atoms with Crippen LogP contribution in [0.25, 0.3) is 16.7 Å². The molecule has 0 unspecified atom stereocenters. The van der Waals surface area contributed by atoms with Crippen molar-refractivity contribution < 1.29 is 4.79 Å². The molecule has 3 aromatic rings. The maximum Gasteiger partial charge on any atom is 0.248 e. The van der Waals surface area contributed by atoms with E-state index in [0.717, 1.165) is 22.3 Å². The highest BCUT2D eigenvalue weighted by molar-refractivity contribution is 5.92. The van der Waals surface area contributed by atoms with Gasteiger partial charge in [-0.15, -0.1) is 10.2 Å². The van der Waals surface area contributed by atoms with E-state index in [1.54, 1.807) is 30.3 Å². The van der Waals surface area contributed by atoms with Crippen LogP contribution in [0, 0.1) is 6.92 Å². The van der Waals surface area contributed by atoms with E-state index in [0.29, 0.717) is 11.3 Å². The van der Waals surface area contributed by atoms with Crippen molar-refractivity contribution in [3.8, 4) is 5.69 Å². The number of rotatable bonds is 2. The van der Waals surface area contributed by atoms with Crippen molar-refractivity contribution in [2.75, 3.05) is 5.73 Å². The van der Waals surface area contributed by atoms with Gasteiger partial charge in [-0.1, -0.05) is 0 Å². The van der Waals surface area contributed by atoms with E-state index in [9.17, 15) is 4.79 Å². The predicted octanol–water partition coefficient (Wildman–Crippen LogP) is 1.41. The summed E-state index contributed by atoms with van der Waals surface area (Å²) in [6.45, 7) is 1.93. The Balaban J connectivity index is 2.07. The molecule has 0 spiro atoms. The number of carbonyl (C=O) groups is 1. The number of nitrogens with two attached hydrogens (primary N) is 2. The number of primary amides is 1. The number of hydrogen-bond donors (Lipinski definition) is 2. The first kappa shape index (κ1) is 12.2. The van der Waals surface area contributed by atoms with Crippen molar-refractivity contribution in [1.82, 2.24) is 15.0 Å². The van der Waals surface area contributed by atoms with Gasteiger partial charge < -0.3 is 11.5 Å². The fraction of sp³-hybridized carbons (Fsp3) is 0.0714. The normalized spacial score (nSPS) is 10.8. The van der Waals surface area contributed by atoms with Crippen LogP contribution in [0.5, 0.6) is 0 Å². The second kappa shape index (κ2) is 4.34. The summed E-state index contributed by atoms with van der Waals surface area (Å²) >= 11 is 0. The van der Waals surface area contributed by atoms with E-state index < -0.39 is 5.91 Å². The number of amides is 1. The molecule has 0 saturated heterocycles. The minimum absolute atomic E-state index is 0.450. The van der Waals surface area contributed by atoms with E-state index in [1.807, 2.05) is 13.0 Å². The Morgan fingerprint density at radius 2 is 1.70 bits per heavy atom. The third kappa shape index (κ3) is 1.97. The van der Waals surface area contributed by atoms with E-state index in [2.05, 4.69) is 10.2 Å². The largest absolute Gasteiger partial charge is 0.398 e. The van der Waals surface area contributed by atoms with Crippen LogP contribution in [0.4, 0.5) is 5.69 Å². The number of hydrogen-bond acceptors (Lipinski definition) is 4. The van der Waals surface area contributed by atoms with Gasteiger partial charge in [-0.3, -0.25) is 4.79 Å². The molecule has 0 aliphatic heterocycles. The van der Waals surface area contributed by atoms with Gasteiger partial charge >= 0.3 is 0 Å². The summed E-state index contributed by atoms with van der Waals surface area (Å²) < 4.78 is 0. The monoisotopic (exact) mass is 267 g/mol. The Kier molecular flexibility index (Phi) is 2.64. The summed E-state index contributed by atoms with van der Waals surface area (Å²) in [7, 11) is 0. The zero-order chi connectivity index (χ0) is 14.3. The minimum atomic E-state index is -0.460. The Bertz CT molecular complexity index is 765. The van der Waals surface area contributed by atoms with Gasteiger partial charge in [-0.05, 0) is 48.9 Å². The van der Waals surface area contributed by atoms with Gasteiger partial charge in [-0.25, -0.2) is 0 Å². The molecule has 1 heterocycles. The zero-order valence-electron chi connectivity index (χ0n) is 10.9. The number of carbonyl (C=O) groups excluding carboxylic acids is 1. The molecule has 20 heavy (non-hydrogen) atoms. The van der Waals surface area contributed by atoms with Crippen molar-refractivity contribution in [3.63, 3.8) is 0 Å². The van der Waals surface area contributed by atoms with Crippen molar-refractivity contribution >= 4 is 22.6 Å². The molecule has 1 amide bonds. The van der Waals surface area contributed by atoms with Crippen LogP contribution in [0.1, 0.15) is 15.9 Å². The van der Waals surface area contributed by atoms with Crippen LogP contribution in [0.3, 0.4) is 0 Å². The number of aromatic nitrogens is 3. The molecule has 6 heteroatoms. The quantitative estimate of drug-likeness (QED) is 0.685. The van der Waals surface area contributed by atoms with Crippen LogP contribution in [0.2, 0.25) is 0 Å². The molecular formula is C14H13N5O. The van der Waals surface area contributed by atoms with Crippen LogP contribution in [0.15, 0.2) is 36.4 Å². The standard InChI is InChI=1S/C14H13N5O/c1-8-6-12-13(7-11(8)15)18-19(17-12)10-4-2-9(3-5-10)14(16)20/h2-7H,15H2,1H3,(H2,16,20). The molecule has 0 radical (unpaired) electrons. The highest BCUT2D eigenvalue weighted by atomic mass is 16.1. The number of fused-ring (bicyclic) bond motifs is 1. The highest BCUT2D eigenvalue weighted by Crippen LogP contribution is 2.19. The molecule has 6 nitrogen and oxygen atoms in total. The lowest BCUT2D eigenvalue weighted by Crippen LogP contribution is -2.10. The summed E-state index contributed by atoms with van der Waals surface area (Å²) in [6, 6.07) is 10.5. The molecule has 100 valence electrons. The maximum atomic E-state index is 11.0. The van der Waals surface area contributed by atoms with Crippen LogP contribution >= 0.6 is 0 Å². The fourth-order valence-corrected chi connectivity index (χ4v) is 1.96. The first-order valence-electron chi connectivity index (χ1n) is 6.08. The van der Waals surface area contributed by atoms with E-state index in [-0.39, 0.29) is 0 Å². The second-order valence-electron chi connectivity index (χ2n) is 4.60. The van der Waals surface area contributed by atoms with E-state index in [4.69, 9.17) is 11.5 Å². The summed E-state index contributed by atoms with van der Waals surface area (Å²) in [5.74, 6) is -0.460. The van der Waals surface area contributed by atoms with Gasteiger partial charge in [-0.2, -0.15) is 4.80 Å². The number of anilines is 1. The Morgan fingerprint density at radius 1 is 1.10 bits per heavy atom. The summed E-state index contributed by atoms with van der Waals surface area (Å²) in [5.41, 5.74) is 15.4. The first-order chi connectivity index (χ1) is 9.54. The average molecular weight is 267 g/mol. The number of aryl methyl sites for hydroxylation is 1. The van der Waals surface area contributed by atoms with Crippen molar-refractivity contribution in [1.29, 1.82) is 0 Å². The Hall–Kier alpha value is -2.89. The molecule has 0 atom stereocenters. The Morgan fingerprint density at radius 3 is 2.30 bits per heavy atom. The Labute approximate surface area is 115 Å². The summed E-state index contributed by atoms with van der Waals surface area (Å²) in [5, 5.41) is 8.76. The van der Waals surface area contributed by atoms with Crippen LogP contribution in [-0.4, -0.2) is 20.9 Å². The molecule has 0 bridgehead atoms. The van der Waals surface area contributed by atoms with E-state index in [1.165, 1.54) is 4.80 Å². The van der Waals surface area contributed by atoms with Crippen molar-refractivity contribution in [2.45, 2.75) is 6.92 Å². The van der Waals surface area contributed by atoms with E-state index >= 15 is 0 Å². The molecule has 3 rings (SSSR count). The molecule has 1 aromatic heterocycles. The highest BCUT2D eigenvalue weighted by Gasteiger charge is 2.07.